The number of carbonyl (C=O) groups is 1. The molecule has 0 bridgehead atoms. The van der Waals surface area contributed by atoms with Crippen molar-refractivity contribution in [1.82, 2.24) is 30.3 Å². The van der Waals surface area contributed by atoms with Gasteiger partial charge in [0.2, 0.25) is 11.9 Å². The third-order valence-electron chi connectivity index (χ3n) is 2.26. The van der Waals surface area contributed by atoms with Crippen LogP contribution in [-0.2, 0) is 17.9 Å². The summed E-state index contributed by atoms with van der Waals surface area (Å²) in [5.41, 5.74) is 0.797. The monoisotopic (exact) mass is 261 g/mol. The Labute approximate surface area is 110 Å². The van der Waals surface area contributed by atoms with Gasteiger partial charge in [-0.1, -0.05) is 12.1 Å². The fourth-order valence-corrected chi connectivity index (χ4v) is 1.42. The first-order valence-electron chi connectivity index (χ1n) is 5.94. The van der Waals surface area contributed by atoms with Crippen LogP contribution in [0.25, 0.3) is 0 Å². The fraction of sp³-hybridized carbons (Fsp3) is 0.364. The summed E-state index contributed by atoms with van der Waals surface area (Å²) in [6, 6.07) is 1.68. The van der Waals surface area contributed by atoms with Crippen LogP contribution in [0.5, 0.6) is 0 Å². The Balaban J connectivity index is 1.86. The van der Waals surface area contributed by atoms with Gasteiger partial charge in [-0.2, -0.15) is 0 Å². The first-order valence-corrected chi connectivity index (χ1v) is 5.94. The van der Waals surface area contributed by atoms with Gasteiger partial charge in [0.15, 0.2) is 0 Å². The molecule has 8 nitrogen and oxygen atoms in total. The van der Waals surface area contributed by atoms with Crippen LogP contribution in [0.2, 0.25) is 0 Å². The largest absolute Gasteiger partial charge is 0.311 e. The summed E-state index contributed by atoms with van der Waals surface area (Å²) in [6.45, 7) is 3.59. The second-order valence-electron chi connectivity index (χ2n) is 3.81. The van der Waals surface area contributed by atoms with E-state index in [1.807, 2.05) is 6.92 Å². The van der Waals surface area contributed by atoms with E-state index in [0.717, 1.165) is 12.2 Å². The highest BCUT2D eigenvalue weighted by atomic mass is 16.2. The summed E-state index contributed by atoms with van der Waals surface area (Å²) in [6.07, 6.45) is 4.85. The predicted octanol–water partition coefficient (Wildman–Crippen LogP) is -0.184. The summed E-state index contributed by atoms with van der Waals surface area (Å²) in [5.74, 6) is 0.0339. The standard InChI is InChI=1S/C11H15N7O/c1-2-12-6-9-7-18(17-16-9)8-10(19)15-11-13-4-3-5-14-11/h3-5,7,12H,2,6,8H2,1H3,(H,13,14,15,19). The maximum absolute atomic E-state index is 11.7. The van der Waals surface area contributed by atoms with Gasteiger partial charge in [-0.3, -0.25) is 10.1 Å². The second kappa shape index (κ2) is 6.55. The SMILES string of the molecule is CCNCc1cn(CC(=O)Nc2ncccn2)nn1. The number of amides is 1. The van der Waals surface area contributed by atoms with Crippen molar-refractivity contribution in [2.75, 3.05) is 11.9 Å². The number of nitrogens with one attached hydrogen (secondary N) is 2. The quantitative estimate of drug-likeness (QED) is 0.748. The zero-order valence-electron chi connectivity index (χ0n) is 10.6. The lowest BCUT2D eigenvalue weighted by Crippen LogP contribution is -2.20. The molecule has 0 aliphatic rings. The molecule has 0 unspecified atom stereocenters. The van der Waals surface area contributed by atoms with E-state index in [0.29, 0.717) is 6.54 Å². The highest BCUT2D eigenvalue weighted by molar-refractivity contribution is 5.88. The minimum atomic E-state index is -0.244. The van der Waals surface area contributed by atoms with Gasteiger partial charge in [-0.25, -0.2) is 14.6 Å². The van der Waals surface area contributed by atoms with Crippen molar-refractivity contribution in [1.29, 1.82) is 0 Å². The van der Waals surface area contributed by atoms with Gasteiger partial charge in [0.05, 0.1) is 11.9 Å². The number of hydrogen-bond donors (Lipinski definition) is 2. The first-order chi connectivity index (χ1) is 9.28. The van der Waals surface area contributed by atoms with Crippen molar-refractivity contribution in [2.45, 2.75) is 20.0 Å². The molecule has 1 amide bonds. The Bertz CT molecular complexity index is 525. The predicted molar refractivity (Wildman–Crippen MR) is 68.1 cm³/mol. The molecular weight excluding hydrogens is 246 g/mol. The van der Waals surface area contributed by atoms with Gasteiger partial charge in [0.1, 0.15) is 6.54 Å². The van der Waals surface area contributed by atoms with Crippen LogP contribution >= 0.6 is 0 Å². The molecule has 100 valence electrons. The number of anilines is 1. The molecule has 0 saturated heterocycles. The van der Waals surface area contributed by atoms with Crippen LogP contribution in [0.1, 0.15) is 12.6 Å². The summed E-state index contributed by atoms with van der Waals surface area (Å²) < 4.78 is 1.48. The smallest absolute Gasteiger partial charge is 0.248 e. The van der Waals surface area contributed by atoms with E-state index in [4.69, 9.17) is 0 Å². The van der Waals surface area contributed by atoms with Crippen molar-refractivity contribution in [3.8, 4) is 0 Å². The molecule has 2 aromatic heterocycles. The molecule has 8 heteroatoms. The molecule has 0 saturated carbocycles. The number of rotatable bonds is 6. The van der Waals surface area contributed by atoms with Crippen molar-refractivity contribution >= 4 is 11.9 Å². The number of carbonyl (C=O) groups excluding carboxylic acids is 1. The molecule has 0 radical (unpaired) electrons. The third kappa shape index (κ3) is 4.11. The van der Waals surface area contributed by atoms with Gasteiger partial charge in [0, 0.05) is 18.9 Å². The van der Waals surface area contributed by atoms with Gasteiger partial charge >= 0.3 is 0 Å². The van der Waals surface area contributed by atoms with E-state index in [1.54, 1.807) is 24.7 Å². The van der Waals surface area contributed by atoms with Gasteiger partial charge in [-0.05, 0) is 12.6 Å². The maximum atomic E-state index is 11.7. The van der Waals surface area contributed by atoms with Gasteiger partial charge < -0.3 is 5.32 Å². The summed E-state index contributed by atoms with van der Waals surface area (Å²) in [7, 11) is 0. The van der Waals surface area contributed by atoms with E-state index in [2.05, 4.69) is 30.9 Å². The highest BCUT2D eigenvalue weighted by Gasteiger charge is 2.07. The maximum Gasteiger partial charge on any atom is 0.248 e. The van der Waals surface area contributed by atoms with Crippen LogP contribution in [0.4, 0.5) is 5.95 Å². The fourth-order valence-electron chi connectivity index (χ4n) is 1.42. The van der Waals surface area contributed by atoms with E-state index < -0.39 is 0 Å². The molecule has 2 aromatic rings. The molecule has 2 N–H and O–H groups in total. The molecule has 0 atom stereocenters. The minimum absolute atomic E-state index is 0.0807. The van der Waals surface area contributed by atoms with Crippen LogP contribution in [0.15, 0.2) is 24.7 Å². The van der Waals surface area contributed by atoms with E-state index in [-0.39, 0.29) is 18.4 Å². The van der Waals surface area contributed by atoms with Crippen LogP contribution in [0.3, 0.4) is 0 Å². The Kier molecular flexibility index (Phi) is 4.51. The lowest BCUT2D eigenvalue weighted by atomic mass is 10.4. The Morgan fingerprint density at radius 1 is 1.37 bits per heavy atom. The molecule has 19 heavy (non-hydrogen) atoms. The minimum Gasteiger partial charge on any atom is -0.311 e. The topological polar surface area (TPSA) is 97.6 Å². The molecule has 0 aliphatic carbocycles. The second-order valence-corrected chi connectivity index (χ2v) is 3.81. The van der Waals surface area contributed by atoms with Crippen LogP contribution in [-0.4, -0.2) is 37.4 Å². The molecule has 0 aliphatic heterocycles. The lowest BCUT2D eigenvalue weighted by molar-refractivity contribution is -0.117. The average Bonchev–Trinajstić information content (AvgIpc) is 2.85. The zero-order valence-corrected chi connectivity index (χ0v) is 10.6. The van der Waals surface area contributed by atoms with Gasteiger partial charge in [0.25, 0.3) is 0 Å². The van der Waals surface area contributed by atoms with Crippen molar-refractivity contribution in [2.24, 2.45) is 0 Å². The van der Waals surface area contributed by atoms with Crippen LogP contribution < -0.4 is 10.6 Å². The Morgan fingerprint density at radius 3 is 2.89 bits per heavy atom. The normalized spacial score (nSPS) is 10.4. The Morgan fingerprint density at radius 2 is 2.16 bits per heavy atom. The van der Waals surface area contributed by atoms with Crippen molar-refractivity contribution in [3.63, 3.8) is 0 Å². The number of nitrogens with zero attached hydrogens (tertiary/aromatic N) is 5. The van der Waals surface area contributed by atoms with Crippen LogP contribution in [0, 0.1) is 0 Å². The lowest BCUT2D eigenvalue weighted by Gasteiger charge is -2.02. The summed E-state index contributed by atoms with van der Waals surface area (Å²) >= 11 is 0. The van der Waals surface area contributed by atoms with E-state index in [1.165, 1.54) is 4.68 Å². The molecule has 0 aromatic carbocycles. The number of hydrogen-bond acceptors (Lipinski definition) is 6. The van der Waals surface area contributed by atoms with Gasteiger partial charge in [-0.15, -0.1) is 5.10 Å². The first kappa shape index (κ1) is 13.1. The third-order valence-corrected chi connectivity index (χ3v) is 2.26. The summed E-state index contributed by atoms with van der Waals surface area (Å²) in [4.78, 5) is 19.5. The number of aromatic nitrogens is 5. The summed E-state index contributed by atoms with van der Waals surface area (Å²) in [5, 5.41) is 13.5. The average molecular weight is 261 g/mol. The molecule has 0 spiro atoms. The van der Waals surface area contributed by atoms with E-state index in [9.17, 15) is 4.79 Å². The molecule has 2 heterocycles. The highest BCUT2D eigenvalue weighted by Crippen LogP contribution is 1.96. The van der Waals surface area contributed by atoms with Crippen molar-refractivity contribution in [3.05, 3.63) is 30.4 Å². The molecule has 2 rings (SSSR count). The zero-order chi connectivity index (χ0) is 13.5. The molecule has 0 fully saturated rings. The Hall–Kier alpha value is -2.35. The van der Waals surface area contributed by atoms with Crippen molar-refractivity contribution < 1.29 is 4.79 Å². The van der Waals surface area contributed by atoms with E-state index >= 15 is 0 Å². The molecular formula is C11H15N7O.